The Labute approximate surface area is 195 Å². The molecule has 6 nitrogen and oxygen atoms in total. The summed E-state index contributed by atoms with van der Waals surface area (Å²) in [5.74, 6) is 0.650. The molecule has 8 heteroatoms. The van der Waals surface area contributed by atoms with Gasteiger partial charge in [0.25, 0.3) is 11.8 Å². The van der Waals surface area contributed by atoms with Crippen molar-refractivity contribution in [3.8, 4) is 17.2 Å². The molecule has 0 atom stereocenters. The molecule has 1 aliphatic rings. The molecule has 160 valence electrons. The molecule has 0 aromatic heterocycles. The Morgan fingerprint density at radius 3 is 2.28 bits per heavy atom. The summed E-state index contributed by atoms with van der Waals surface area (Å²) in [7, 11) is 1.59. The molecule has 1 aliphatic heterocycles. The van der Waals surface area contributed by atoms with Gasteiger partial charge in [-0.3, -0.25) is 19.8 Å². The summed E-state index contributed by atoms with van der Waals surface area (Å²) in [6, 6.07) is 20.8. The van der Waals surface area contributed by atoms with Crippen molar-refractivity contribution in [2.75, 3.05) is 12.0 Å². The quantitative estimate of drug-likeness (QED) is 0.328. The van der Waals surface area contributed by atoms with Gasteiger partial charge in [0.15, 0.2) is 5.11 Å². The molecular formula is C24H17ClN2O4S. The van der Waals surface area contributed by atoms with Gasteiger partial charge in [0.05, 0.1) is 12.8 Å². The summed E-state index contributed by atoms with van der Waals surface area (Å²) in [4.78, 5) is 27.1. The first-order chi connectivity index (χ1) is 15.5. The van der Waals surface area contributed by atoms with Crippen LogP contribution in [0.5, 0.6) is 17.2 Å². The van der Waals surface area contributed by atoms with Crippen molar-refractivity contribution in [2.24, 2.45) is 0 Å². The van der Waals surface area contributed by atoms with Gasteiger partial charge in [-0.25, -0.2) is 0 Å². The van der Waals surface area contributed by atoms with Gasteiger partial charge >= 0.3 is 0 Å². The second kappa shape index (κ2) is 9.21. The van der Waals surface area contributed by atoms with Crippen LogP contribution in [-0.2, 0) is 9.59 Å². The first kappa shape index (κ1) is 21.5. The summed E-state index contributed by atoms with van der Waals surface area (Å²) in [6.45, 7) is 0. The fraction of sp³-hybridized carbons (Fsp3) is 0.0417. The van der Waals surface area contributed by atoms with E-state index in [2.05, 4.69) is 5.32 Å². The van der Waals surface area contributed by atoms with Gasteiger partial charge in [-0.2, -0.15) is 0 Å². The summed E-state index contributed by atoms with van der Waals surface area (Å²) < 4.78 is 11.1. The van der Waals surface area contributed by atoms with Crippen LogP contribution in [0.4, 0.5) is 5.69 Å². The molecule has 3 aromatic rings. The lowest BCUT2D eigenvalue weighted by Crippen LogP contribution is -2.54. The molecule has 0 saturated carbocycles. The standard InChI is InChI=1S/C24H17ClN2O4S/c1-30-18-10-12-19(13-11-18)31-21-5-3-2-4-15(21)14-20-22(28)26-24(32)27(23(20)29)17-8-6-16(25)7-9-17/h2-14H,1H3,(H,26,28,32)/b20-14-. The van der Waals surface area contributed by atoms with Crippen LogP contribution in [0.15, 0.2) is 78.4 Å². The Bertz CT molecular complexity index is 1220. The third-order valence-corrected chi connectivity index (χ3v) is 5.23. The zero-order valence-electron chi connectivity index (χ0n) is 16.9. The van der Waals surface area contributed by atoms with Crippen molar-refractivity contribution in [3.63, 3.8) is 0 Å². The number of thiocarbonyl (C=S) groups is 1. The van der Waals surface area contributed by atoms with E-state index in [1.807, 2.05) is 0 Å². The van der Waals surface area contributed by atoms with Gasteiger partial charge in [0.1, 0.15) is 22.8 Å². The van der Waals surface area contributed by atoms with Crippen molar-refractivity contribution >= 4 is 52.5 Å². The number of methoxy groups -OCH3 is 1. The molecule has 0 unspecified atom stereocenters. The number of amides is 2. The average Bonchev–Trinajstić information content (AvgIpc) is 2.79. The van der Waals surface area contributed by atoms with E-state index >= 15 is 0 Å². The number of hydrogen-bond donors (Lipinski definition) is 1. The highest BCUT2D eigenvalue weighted by atomic mass is 35.5. The zero-order valence-corrected chi connectivity index (χ0v) is 18.4. The lowest BCUT2D eigenvalue weighted by Gasteiger charge is -2.29. The zero-order chi connectivity index (χ0) is 22.7. The number of anilines is 1. The lowest BCUT2D eigenvalue weighted by molar-refractivity contribution is -0.122. The number of rotatable bonds is 5. The minimum absolute atomic E-state index is 0.00207. The normalized spacial score (nSPS) is 15.0. The van der Waals surface area contributed by atoms with E-state index in [1.165, 1.54) is 11.0 Å². The summed E-state index contributed by atoms with van der Waals surface area (Å²) in [5, 5.41) is 3.09. The number of carbonyl (C=O) groups is 2. The summed E-state index contributed by atoms with van der Waals surface area (Å²) >= 11 is 11.2. The molecule has 1 heterocycles. The van der Waals surface area contributed by atoms with Crippen LogP contribution in [0.2, 0.25) is 5.02 Å². The largest absolute Gasteiger partial charge is 0.497 e. The van der Waals surface area contributed by atoms with Gasteiger partial charge in [-0.1, -0.05) is 29.8 Å². The van der Waals surface area contributed by atoms with E-state index in [9.17, 15) is 9.59 Å². The van der Waals surface area contributed by atoms with Crippen molar-refractivity contribution in [1.29, 1.82) is 0 Å². The predicted molar refractivity (Wildman–Crippen MR) is 127 cm³/mol. The van der Waals surface area contributed by atoms with Crippen molar-refractivity contribution in [2.45, 2.75) is 0 Å². The third-order valence-electron chi connectivity index (χ3n) is 4.69. The van der Waals surface area contributed by atoms with Gasteiger partial charge < -0.3 is 9.47 Å². The highest BCUT2D eigenvalue weighted by Gasteiger charge is 2.34. The van der Waals surface area contributed by atoms with Gasteiger partial charge in [-0.05, 0) is 72.9 Å². The van der Waals surface area contributed by atoms with Gasteiger partial charge in [0, 0.05) is 10.6 Å². The highest BCUT2D eigenvalue weighted by molar-refractivity contribution is 7.80. The summed E-state index contributed by atoms with van der Waals surface area (Å²) in [6.07, 6.45) is 1.49. The Morgan fingerprint density at radius 2 is 1.59 bits per heavy atom. The molecule has 32 heavy (non-hydrogen) atoms. The third kappa shape index (κ3) is 4.49. The van der Waals surface area contributed by atoms with Gasteiger partial charge in [0.2, 0.25) is 0 Å². The number of nitrogens with zero attached hydrogens (tertiary/aromatic N) is 1. The molecule has 1 fully saturated rings. The Hall–Kier alpha value is -3.68. The van der Waals surface area contributed by atoms with E-state index in [-0.39, 0.29) is 10.7 Å². The monoisotopic (exact) mass is 464 g/mol. The second-order valence-electron chi connectivity index (χ2n) is 6.75. The lowest BCUT2D eigenvalue weighted by atomic mass is 10.1. The number of benzene rings is 3. The molecule has 0 bridgehead atoms. The van der Waals surface area contributed by atoms with Gasteiger partial charge in [-0.15, -0.1) is 0 Å². The molecule has 1 saturated heterocycles. The topological polar surface area (TPSA) is 67.9 Å². The maximum Gasteiger partial charge on any atom is 0.270 e. The maximum absolute atomic E-state index is 13.2. The first-order valence-electron chi connectivity index (χ1n) is 9.54. The van der Waals surface area contributed by atoms with Crippen LogP contribution in [0, 0.1) is 0 Å². The Balaban J connectivity index is 1.67. The number of carbonyl (C=O) groups excluding carboxylic acids is 2. The number of nitrogens with one attached hydrogen (secondary N) is 1. The molecule has 0 aliphatic carbocycles. The maximum atomic E-state index is 13.2. The molecule has 0 radical (unpaired) electrons. The van der Waals surface area contributed by atoms with Crippen molar-refractivity contribution < 1.29 is 19.1 Å². The second-order valence-corrected chi connectivity index (χ2v) is 7.57. The Kier molecular flexibility index (Phi) is 6.20. The van der Waals surface area contributed by atoms with Crippen LogP contribution < -0.4 is 19.7 Å². The highest BCUT2D eigenvalue weighted by Crippen LogP contribution is 2.30. The summed E-state index contributed by atoms with van der Waals surface area (Å²) in [5.41, 5.74) is 0.989. The fourth-order valence-corrected chi connectivity index (χ4v) is 3.51. The molecule has 0 spiro atoms. The van der Waals surface area contributed by atoms with Crippen LogP contribution in [0.25, 0.3) is 6.08 Å². The fourth-order valence-electron chi connectivity index (χ4n) is 3.10. The van der Waals surface area contributed by atoms with E-state index in [4.69, 9.17) is 33.3 Å². The van der Waals surface area contributed by atoms with E-state index < -0.39 is 11.8 Å². The number of para-hydroxylation sites is 1. The SMILES string of the molecule is COc1ccc(Oc2ccccc2/C=C2/C(=O)NC(=S)N(c3ccc(Cl)cc3)C2=O)cc1. The molecule has 4 rings (SSSR count). The number of halogens is 1. The molecule has 2 amide bonds. The number of hydrogen-bond acceptors (Lipinski definition) is 5. The minimum atomic E-state index is -0.579. The van der Waals surface area contributed by atoms with Crippen LogP contribution in [0.3, 0.4) is 0 Å². The van der Waals surface area contributed by atoms with Crippen LogP contribution >= 0.6 is 23.8 Å². The van der Waals surface area contributed by atoms with E-state index in [0.29, 0.717) is 33.5 Å². The first-order valence-corrected chi connectivity index (χ1v) is 10.3. The molecule has 1 N–H and O–H groups in total. The van der Waals surface area contributed by atoms with Crippen molar-refractivity contribution in [1.82, 2.24) is 5.32 Å². The molecule has 3 aromatic carbocycles. The number of ether oxygens (including phenoxy) is 2. The average molecular weight is 465 g/mol. The molecular weight excluding hydrogens is 448 g/mol. The van der Waals surface area contributed by atoms with E-state index in [0.717, 1.165) is 0 Å². The minimum Gasteiger partial charge on any atom is -0.497 e. The van der Waals surface area contributed by atoms with Crippen LogP contribution in [-0.4, -0.2) is 24.0 Å². The van der Waals surface area contributed by atoms with Crippen LogP contribution in [0.1, 0.15) is 5.56 Å². The van der Waals surface area contributed by atoms with E-state index in [1.54, 1.807) is 79.9 Å². The smallest absolute Gasteiger partial charge is 0.270 e. The Morgan fingerprint density at radius 1 is 0.938 bits per heavy atom. The van der Waals surface area contributed by atoms with Crippen molar-refractivity contribution in [3.05, 3.63) is 89.0 Å². The predicted octanol–water partition coefficient (Wildman–Crippen LogP) is 4.97.